The standard InChI is InChI=1S/C17H28N4O2S2/c1-13(2)19-17(24)21-25(22,23)16-12-18-11-10-15(16)20-14-8-6-4-3-5-7-9-14/h10-14H,3-9H2,1-2H3,(H,18,20)(H2,19,21,24). The fourth-order valence-corrected chi connectivity index (χ4v) is 4.60. The Morgan fingerprint density at radius 3 is 2.48 bits per heavy atom. The summed E-state index contributed by atoms with van der Waals surface area (Å²) >= 11 is 5.07. The molecular formula is C17H28N4O2S2. The van der Waals surface area contributed by atoms with Crippen molar-refractivity contribution in [3.8, 4) is 0 Å². The lowest BCUT2D eigenvalue weighted by Gasteiger charge is -2.23. The lowest BCUT2D eigenvalue weighted by Crippen LogP contribution is -2.42. The summed E-state index contributed by atoms with van der Waals surface area (Å²) in [4.78, 5) is 4.11. The maximum Gasteiger partial charge on any atom is 0.267 e. The molecule has 2 rings (SSSR count). The average molecular weight is 385 g/mol. The third kappa shape index (κ3) is 6.43. The smallest absolute Gasteiger partial charge is 0.267 e. The molecule has 25 heavy (non-hydrogen) atoms. The Morgan fingerprint density at radius 2 is 1.84 bits per heavy atom. The molecule has 1 aliphatic carbocycles. The van der Waals surface area contributed by atoms with Crippen molar-refractivity contribution in [2.45, 2.75) is 75.8 Å². The molecule has 0 aromatic carbocycles. The van der Waals surface area contributed by atoms with Crippen LogP contribution in [0.15, 0.2) is 23.4 Å². The first-order valence-electron chi connectivity index (χ1n) is 8.92. The molecule has 8 heteroatoms. The highest BCUT2D eigenvalue weighted by molar-refractivity contribution is 7.92. The molecule has 0 atom stereocenters. The number of hydrogen-bond donors (Lipinski definition) is 3. The summed E-state index contributed by atoms with van der Waals surface area (Å²) < 4.78 is 27.8. The SMILES string of the molecule is CC(C)NC(=S)NS(=O)(=O)c1cnccc1NC1CCCCCCC1. The molecule has 0 amide bonds. The molecule has 3 N–H and O–H groups in total. The van der Waals surface area contributed by atoms with Crippen LogP contribution in [0.1, 0.15) is 58.8 Å². The minimum Gasteiger partial charge on any atom is -0.381 e. The maximum absolute atomic E-state index is 12.7. The van der Waals surface area contributed by atoms with Crippen LogP contribution < -0.4 is 15.4 Å². The van der Waals surface area contributed by atoms with Gasteiger partial charge in [-0.25, -0.2) is 8.42 Å². The van der Waals surface area contributed by atoms with Gasteiger partial charge in [-0.3, -0.25) is 9.71 Å². The van der Waals surface area contributed by atoms with Gasteiger partial charge < -0.3 is 10.6 Å². The second-order valence-electron chi connectivity index (χ2n) is 6.79. The molecule has 0 aliphatic heterocycles. The van der Waals surface area contributed by atoms with Gasteiger partial charge in [-0.15, -0.1) is 0 Å². The zero-order valence-corrected chi connectivity index (χ0v) is 16.5. The molecule has 6 nitrogen and oxygen atoms in total. The van der Waals surface area contributed by atoms with E-state index in [0.29, 0.717) is 5.69 Å². The van der Waals surface area contributed by atoms with E-state index in [1.807, 2.05) is 13.8 Å². The quantitative estimate of drug-likeness (QED) is 0.677. The van der Waals surface area contributed by atoms with Crippen LogP contribution in [-0.4, -0.2) is 30.6 Å². The van der Waals surface area contributed by atoms with Crippen molar-refractivity contribution in [1.82, 2.24) is 15.0 Å². The van der Waals surface area contributed by atoms with Crippen LogP contribution in [0, 0.1) is 0 Å². The summed E-state index contributed by atoms with van der Waals surface area (Å²) in [7, 11) is -3.78. The first-order chi connectivity index (χ1) is 11.9. The number of hydrogen-bond acceptors (Lipinski definition) is 5. The van der Waals surface area contributed by atoms with Gasteiger partial charge in [-0.1, -0.05) is 32.1 Å². The topological polar surface area (TPSA) is 83.1 Å². The summed E-state index contributed by atoms with van der Waals surface area (Å²) in [5.74, 6) is 0. The number of aromatic nitrogens is 1. The van der Waals surface area contributed by atoms with E-state index in [2.05, 4.69) is 20.3 Å². The minimum atomic E-state index is -3.78. The Kier molecular flexibility index (Phi) is 7.43. The Morgan fingerprint density at radius 1 is 1.20 bits per heavy atom. The molecule has 1 aromatic heterocycles. The molecule has 0 radical (unpaired) electrons. The van der Waals surface area contributed by atoms with Crippen molar-refractivity contribution in [2.24, 2.45) is 0 Å². The Labute approximate surface area is 156 Å². The van der Waals surface area contributed by atoms with Crippen molar-refractivity contribution in [3.63, 3.8) is 0 Å². The van der Waals surface area contributed by atoms with Gasteiger partial charge in [0.15, 0.2) is 5.11 Å². The number of sulfonamides is 1. The zero-order chi connectivity index (χ0) is 18.3. The first-order valence-corrected chi connectivity index (χ1v) is 10.8. The molecule has 0 bridgehead atoms. The number of nitrogens with one attached hydrogen (secondary N) is 3. The van der Waals surface area contributed by atoms with E-state index in [9.17, 15) is 8.42 Å². The molecule has 1 aromatic rings. The maximum atomic E-state index is 12.7. The van der Waals surface area contributed by atoms with Gasteiger partial charge in [0.1, 0.15) is 4.90 Å². The minimum absolute atomic E-state index is 0.0524. The van der Waals surface area contributed by atoms with Gasteiger partial charge in [-0.05, 0) is 45.0 Å². The molecule has 0 unspecified atom stereocenters. The summed E-state index contributed by atoms with van der Waals surface area (Å²) in [6.07, 6.45) is 11.2. The molecule has 1 fully saturated rings. The van der Waals surface area contributed by atoms with E-state index in [-0.39, 0.29) is 22.1 Å². The third-order valence-corrected chi connectivity index (χ3v) is 5.91. The normalized spacial score (nSPS) is 16.8. The van der Waals surface area contributed by atoms with Crippen molar-refractivity contribution in [2.75, 3.05) is 5.32 Å². The predicted molar refractivity (Wildman–Crippen MR) is 105 cm³/mol. The lowest BCUT2D eigenvalue weighted by atomic mass is 9.96. The van der Waals surface area contributed by atoms with Gasteiger partial charge in [0.05, 0.1) is 5.69 Å². The second kappa shape index (κ2) is 9.33. The number of anilines is 1. The Bertz CT molecular complexity index is 669. The molecule has 0 spiro atoms. The average Bonchev–Trinajstić information content (AvgIpc) is 2.48. The van der Waals surface area contributed by atoms with Crippen molar-refractivity contribution < 1.29 is 8.42 Å². The van der Waals surface area contributed by atoms with Gasteiger partial charge >= 0.3 is 0 Å². The van der Waals surface area contributed by atoms with Gasteiger partial charge in [0, 0.05) is 24.5 Å². The molecule has 0 saturated heterocycles. The van der Waals surface area contributed by atoms with Gasteiger partial charge in [0.2, 0.25) is 0 Å². The monoisotopic (exact) mass is 384 g/mol. The fourth-order valence-electron chi connectivity index (χ4n) is 3.00. The third-order valence-electron chi connectivity index (χ3n) is 4.19. The van der Waals surface area contributed by atoms with Crippen LogP contribution >= 0.6 is 12.2 Å². The van der Waals surface area contributed by atoms with E-state index >= 15 is 0 Å². The zero-order valence-electron chi connectivity index (χ0n) is 14.9. The number of rotatable bonds is 5. The highest BCUT2D eigenvalue weighted by atomic mass is 32.2. The fraction of sp³-hybridized carbons (Fsp3) is 0.647. The largest absolute Gasteiger partial charge is 0.381 e. The first kappa shape index (κ1) is 19.9. The Balaban J connectivity index is 2.14. The second-order valence-corrected chi connectivity index (χ2v) is 8.85. The lowest BCUT2D eigenvalue weighted by molar-refractivity contribution is 0.471. The molecule has 140 valence electrons. The Hall–Kier alpha value is -1.41. The molecule has 1 heterocycles. The van der Waals surface area contributed by atoms with Crippen molar-refractivity contribution in [3.05, 3.63) is 18.5 Å². The van der Waals surface area contributed by atoms with E-state index < -0.39 is 10.0 Å². The van der Waals surface area contributed by atoms with Crippen LogP contribution in [0.3, 0.4) is 0 Å². The molecular weight excluding hydrogens is 356 g/mol. The van der Waals surface area contributed by atoms with E-state index in [1.54, 1.807) is 12.3 Å². The van der Waals surface area contributed by atoms with Crippen LogP contribution in [-0.2, 0) is 10.0 Å². The highest BCUT2D eigenvalue weighted by Gasteiger charge is 2.22. The molecule has 1 aliphatic rings. The number of pyridine rings is 1. The molecule has 1 saturated carbocycles. The van der Waals surface area contributed by atoms with E-state index in [4.69, 9.17) is 12.2 Å². The van der Waals surface area contributed by atoms with E-state index in [1.165, 1.54) is 38.3 Å². The van der Waals surface area contributed by atoms with Crippen LogP contribution in [0.2, 0.25) is 0 Å². The van der Waals surface area contributed by atoms with Crippen molar-refractivity contribution >= 4 is 33.0 Å². The summed E-state index contributed by atoms with van der Waals surface area (Å²) in [6.45, 7) is 3.79. The summed E-state index contributed by atoms with van der Waals surface area (Å²) in [6, 6.07) is 2.06. The van der Waals surface area contributed by atoms with Gasteiger partial charge in [0.25, 0.3) is 10.0 Å². The predicted octanol–water partition coefficient (Wildman–Crippen LogP) is 3.17. The highest BCUT2D eigenvalue weighted by Crippen LogP contribution is 2.25. The van der Waals surface area contributed by atoms with Crippen molar-refractivity contribution in [1.29, 1.82) is 0 Å². The van der Waals surface area contributed by atoms with Crippen LogP contribution in [0.4, 0.5) is 5.69 Å². The summed E-state index contributed by atoms with van der Waals surface area (Å²) in [5.41, 5.74) is 0.584. The van der Waals surface area contributed by atoms with Gasteiger partial charge in [-0.2, -0.15) is 0 Å². The summed E-state index contributed by atoms with van der Waals surface area (Å²) in [5, 5.41) is 6.39. The van der Waals surface area contributed by atoms with Crippen LogP contribution in [0.25, 0.3) is 0 Å². The number of nitrogens with zero attached hydrogens (tertiary/aromatic N) is 1. The number of thiocarbonyl (C=S) groups is 1. The van der Waals surface area contributed by atoms with Crippen LogP contribution in [0.5, 0.6) is 0 Å². The van der Waals surface area contributed by atoms with E-state index in [0.717, 1.165) is 12.8 Å².